The van der Waals surface area contributed by atoms with Crippen molar-refractivity contribution < 1.29 is 17.9 Å². The second kappa shape index (κ2) is 8.86. The Hall–Kier alpha value is -2.22. The summed E-state index contributed by atoms with van der Waals surface area (Å²) in [5, 5.41) is 2.96. The SMILES string of the molecule is CCc1ccc(C(C)NC(=O)c2ccc(S(=O)(=O)N3CCOCC3)cc2)cc1. The van der Waals surface area contributed by atoms with E-state index in [4.69, 9.17) is 4.74 Å². The summed E-state index contributed by atoms with van der Waals surface area (Å²) in [6, 6.07) is 14.1. The molecule has 0 aromatic heterocycles. The fourth-order valence-electron chi connectivity index (χ4n) is 3.12. The monoisotopic (exact) mass is 402 g/mol. The Bertz CT molecular complexity index is 902. The molecule has 6 nitrogen and oxygen atoms in total. The summed E-state index contributed by atoms with van der Waals surface area (Å²) in [6.45, 7) is 5.52. The van der Waals surface area contributed by atoms with Crippen LogP contribution in [0.15, 0.2) is 53.4 Å². The zero-order valence-corrected chi connectivity index (χ0v) is 17.0. The molecule has 2 aromatic carbocycles. The Balaban J connectivity index is 1.67. The number of rotatable bonds is 6. The van der Waals surface area contributed by atoms with Crippen LogP contribution in [-0.4, -0.2) is 44.9 Å². The number of benzene rings is 2. The van der Waals surface area contributed by atoms with E-state index >= 15 is 0 Å². The summed E-state index contributed by atoms with van der Waals surface area (Å²) < 4.78 is 31.9. The van der Waals surface area contributed by atoms with E-state index in [0.29, 0.717) is 31.9 Å². The summed E-state index contributed by atoms with van der Waals surface area (Å²) in [6.07, 6.45) is 0.973. The van der Waals surface area contributed by atoms with Crippen molar-refractivity contribution in [3.63, 3.8) is 0 Å². The molecule has 3 rings (SSSR count). The molecule has 1 aliphatic rings. The van der Waals surface area contributed by atoms with Crippen molar-refractivity contribution in [2.45, 2.75) is 31.2 Å². The van der Waals surface area contributed by atoms with Crippen molar-refractivity contribution in [3.05, 3.63) is 65.2 Å². The highest BCUT2D eigenvalue weighted by Gasteiger charge is 2.26. The molecule has 1 heterocycles. The quantitative estimate of drug-likeness (QED) is 0.806. The molecule has 0 aliphatic carbocycles. The largest absolute Gasteiger partial charge is 0.379 e. The van der Waals surface area contributed by atoms with Crippen LogP contribution in [0.1, 0.15) is 41.4 Å². The highest BCUT2D eigenvalue weighted by atomic mass is 32.2. The first kappa shape index (κ1) is 20.5. The van der Waals surface area contributed by atoms with Crippen LogP contribution in [0, 0.1) is 0 Å². The minimum absolute atomic E-state index is 0.143. The lowest BCUT2D eigenvalue weighted by Crippen LogP contribution is -2.40. The predicted molar refractivity (Wildman–Crippen MR) is 108 cm³/mol. The minimum atomic E-state index is -3.56. The second-order valence-electron chi connectivity index (χ2n) is 6.83. The van der Waals surface area contributed by atoms with Crippen LogP contribution < -0.4 is 5.32 Å². The third-order valence-corrected chi connectivity index (χ3v) is 6.87. The number of morpholine rings is 1. The van der Waals surface area contributed by atoms with Gasteiger partial charge in [-0.2, -0.15) is 4.31 Å². The van der Waals surface area contributed by atoms with Gasteiger partial charge in [0.2, 0.25) is 10.0 Å². The number of ether oxygens (including phenoxy) is 1. The number of hydrogen-bond donors (Lipinski definition) is 1. The average molecular weight is 403 g/mol. The summed E-state index contributed by atoms with van der Waals surface area (Å²) in [7, 11) is -3.56. The third kappa shape index (κ3) is 4.60. The van der Waals surface area contributed by atoms with Gasteiger partial charge in [0.1, 0.15) is 0 Å². The van der Waals surface area contributed by atoms with Crippen LogP contribution in [-0.2, 0) is 21.2 Å². The van der Waals surface area contributed by atoms with Gasteiger partial charge in [-0.15, -0.1) is 0 Å². The van der Waals surface area contributed by atoms with Gasteiger partial charge in [-0.25, -0.2) is 8.42 Å². The van der Waals surface area contributed by atoms with Crippen LogP contribution in [0.4, 0.5) is 0 Å². The molecule has 0 saturated carbocycles. The molecule has 1 unspecified atom stereocenters. The van der Waals surface area contributed by atoms with E-state index in [1.807, 2.05) is 19.1 Å². The van der Waals surface area contributed by atoms with Gasteiger partial charge >= 0.3 is 0 Å². The predicted octanol–water partition coefficient (Wildman–Crippen LogP) is 2.76. The van der Waals surface area contributed by atoms with Gasteiger partial charge in [0.05, 0.1) is 24.2 Å². The summed E-state index contributed by atoms with van der Waals surface area (Å²) >= 11 is 0. The number of amides is 1. The number of hydrogen-bond acceptors (Lipinski definition) is 4. The maximum absolute atomic E-state index is 12.7. The van der Waals surface area contributed by atoms with Crippen molar-refractivity contribution in [3.8, 4) is 0 Å². The van der Waals surface area contributed by atoms with E-state index in [9.17, 15) is 13.2 Å². The lowest BCUT2D eigenvalue weighted by molar-refractivity contribution is 0.0730. The third-order valence-electron chi connectivity index (χ3n) is 4.96. The standard InChI is InChI=1S/C21H26N2O4S/c1-3-17-4-6-18(7-5-17)16(2)22-21(24)19-8-10-20(11-9-19)28(25,26)23-12-14-27-15-13-23/h4-11,16H,3,12-15H2,1-2H3,(H,22,24). The number of nitrogens with zero attached hydrogens (tertiary/aromatic N) is 1. The molecule has 1 N–H and O–H groups in total. The second-order valence-corrected chi connectivity index (χ2v) is 8.77. The summed E-state index contributed by atoms with van der Waals surface area (Å²) in [5.74, 6) is -0.234. The van der Waals surface area contributed by atoms with Crippen LogP contribution in [0.2, 0.25) is 0 Å². The highest BCUT2D eigenvalue weighted by Crippen LogP contribution is 2.19. The highest BCUT2D eigenvalue weighted by molar-refractivity contribution is 7.89. The molecule has 1 fully saturated rings. The van der Waals surface area contributed by atoms with E-state index in [1.165, 1.54) is 22.0 Å². The smallest absolute Gasteiger partial charge is 0.251 e. The van der Waals surface area contributed by atoms with Gasteiger partial charge in [-0.3, -0.25) is 4.79 Å². The van der Waals surface area contributed by atoms with Crippen LogP contribution in [0.3, 0.4) is 0 Å². The normalized spacial score (nSPS) is 16.5. The van der Waals surface area contributed by atoms with E-state index < -0.39 is 10.0 Å². The number of aryl methyl sites for hydroxylation is 1. The zero-order valence-electron chi connectivity index (χ0n) is 16.2. The minimum Gasteiger partial charge on any atom is -0.379 e. The number of carbonyl (C=O) groups excluding carboxylic acids is 1. The first-order chi connectivity index (χ1) is 13.4. The Morgan fingerprint density at radius 2 is 1.68 bits per heavy atom. The van der Waals surface area contributed by atoms with Gasteiger partial charge < -0.3 is 10.1 Å². The van der Waals surface area contributed by atoms with E-state index in [1.54, 1.807) is 12.1 Å². The number of nitrogens with one attached hydrogen (secondary N) is 1. The van der Waals surface area contributed by atoms with Gasteiger partial charge in [-0.05, 0) is 48.7 Å². The van der Waals surface area contributed by atoms with Crippen LogP contribution >= 0.6 is 0 Å². The van der Waals surface area contributed by atoms with Crippen molar-refractivity contribution >= 4 is 15.9 Å². The first-order valence-corrected chi connectivity index (χ1v) is 10.9. The fraction of sp³-hybridized carbons (Fsp3) is 0.381. The van der Waals surface area contributed by atoms with Crippen LogP contribution in [0.25, 0.3) is 0 Å². The van der Waals surface area contributed by atoms with Crippen molar-refractivity contribution in [1.29, 1.82) is 0 Å². The van der Waals surface area contributed by atoms with Crippen molar-refractivity contribution in [1.82, 2.24) is 9.62 Å². The summed E-state index contributed by atoms with van der Waals surface area (Å²) in [5.41, 5.74) is 2.70. The molecule has 1 aliphatic heterocycles. The number of carbonyl (C=O) groups is 1. The molecule has 1 atom stereocenters. The Morgan fingerprint density at radius 1 is 1.07 bits per heavy atom. The average Bonchev–Trinajstić information content (AvgIpc) is 2.74. The van der Waals surface area contributed by atoms with Crippen molar-refractivity contribution in [2.24, 2.45) is 0 Å². The van der Waals surface area contributed by atoms with Gasteiger partial charge in [0.15, 0.2) is 0 Å². The van der Waals surface area contributed by atoms with Crippen LogP contribution in [0.5, 0.6) is 0 Å². The molecule has 28 heavy (non-hydrogen) atoms. The van der Waals surface area contributed by atoms with E-state index in [0.717, 1.165) is 12.0 Å². The Kier molecular flexibility index (Phi) is 6.49. The first-order valence-electron chi connectivity index (χ1n) is 9.49. The van der Waals surface area contributed by atoms with Gasteiger partial charge in [0.25, 0.3) is 5.91 Å². The molecular weight excluding hydrogens is 376 g/mol. The lowest BCUT2D eigenvalue weighted by Gasteiger charge is -2.26. The molecular formula is C21H26N2O4S. The van der Waals surface area contributed by atoms with E-state index in [2.05, 4.69) is 24.4 Å². The maximum atomic E-state index is 12.7. The molecule has 0 bridgehead atoms. The topological polar surface area (TPSA) is 75.7 Å². The Morgan fingerprint density at radius 3 is 2.25 bits per heavy atom. The van der Waals surface area contributed by atoms with Gasteiger partial charge in [0, 0.05) is 18.7 Å². The van der Waals surface area contributed by atoms with Crippen molar-refractivity contribution in [2.75, 3.05) is 26.3 Å². The Labute approximate surface area is 166 Å². The molecule has 1 saturated heterocycles. The number of sulfonamides is 1. The van der Waals surface area contributed by atoms with Gasteiger partial charge in [-0.1, -0.05) is 31.2 Å². The molecule has 2 aromatic rings. The van der Waals surface area contributed by atoms with E-state index in [-0.39, 0.29) is 16.8 Å². The molecule has 0 spiro atoms. The molecule has 150 valence electrons. The molecule has 0 radical (unpaired) electrons. The fourth-order valence-corrected chi connectivity index (χ4v) is 4.53. The zero-order chi connectivity index (χ0) is 20.1. The summed E-state index contributed by atoms with van der Waals surface area (Å²) in [4.78, 5) is 12.7. The lowest BCUT2D eigenvalue weighted by atomic mass is 10.0. The molecule has 1 amide bonds. The molecule has 7 heteroatoms. The maximum Gasteiger partial charge on any atom is 0.251 e.